The van der Waals surface area contributed by atoms with Gasteiger partial charge in [0.15, 0.2) is 0 Å². The molecular formula is C15H7ClF4O. The van der Waals surface area contributed by atoms with Crippen molar-refractivity contribution in [2.45, 2.75) is 6.36 Å². The highest BCUT2D eigenvalue weighted by molar-refractivity contribution is 6.31. The van der Waals surface area contributed by atoms with Gasteiger partial charge in [-0.3, -0.25) is 0 Å². The average Bonchev–Trinajstić information content (AvgIpc) is 2.39. The SMILES string of the molecule is C#Cc1cc(OC(F)(F)F)cc(-c2cccc(Cl)c2F)c1. The van der Waals surface area contributed by atoms with Gasteiger partial charge in [0.25, 0.3) is 0 Å². The highest BCUT2D eigenvalue weighted by atomic mass is 35.5. The van der Waals surface area contributed by atoms with E-state index in [1.807, 2.05) is 0 Å². The van der Waals surface area contributed by atoms with Gasteiger partial charge in [0.05, 0.1) is 5.02 Å². The van der Waals surface area contributed by atoms with E-state index in [1.54, 1.807) is 0 Å². The zero-order chi connectivity index (χ0) is 15.6. The number of rotatable bonds is 2. The van der Waals surface area contributed by atoms with E-state index < -0.39 is 17.9 Å². The Hall–Kier alpha value is -2.19. The number of halogens is 5. The lowest BCUT2D eigenvalue weighted by molar-refractivity contribution is -0.274. The summed E-state index contributed by atoms with van der Waals surface area (Å²) < 4.78 is 54.6. The highest BCUT2D eigenvalue weighted by Crippen LogP contribution is 2.32. The van der Waals surface area contributed by atoms with E-state index in [2.05, 4.69) is 10.7 Å². The third-order valence-electron chi connectivity index (χ3n) is 2.57. The van der Waals surface area contributed by atoms with Crippen molar-refractivity contribution >= 4 is 11.6 Å². The van der Waals surface area contributed by atoms with Crippen molar-refractivity contribution in [3.8, 4) is 29.2 Å². The van der Waals surface area contributed by atoms with Crippen molar-refractivity contribution in [1.82, 2.24) is 0 Å². The fourth-order valence-electron chi connectivity index (χ4n) is 1.76. The molecule has 0 aliphatic heterocycles. The lowest BCUT2D eigenvalue weighted by atomic mass is 10.0. The molecule has 0 radical (unpaired) electrons. The van der Waals surface area contributed by atoms with E-state index in [-0.39, 0.29) is 21.7 Å². The number of terminal acetylenes is 1. The lowest BCUT2D eigenvalue weighted by Gasteiger charge is -2.12. The Morgan fingerprint density at radius 2 is 1.86 bits per heavy atom. The Labute approximate surface area is 123 Å². The minimum Gasteiger partial charge on any atom is -0.406 e. The first kappa shape index (κ1) is 15.2. The van der Waals surface area contributed by atoms with Crippen LogP contribution in [0.5, 0.6) is 5.75 Å². The smallest absolute Gasteiger partial charge is 0.406 e. The van der Waals surface area contributed by atoms with Gasteiger partial charge in [-0.2, -0.15) is 0 Å². The van der Waals surface area contributed by atoms with E-state index in [0.717, 1.165) is 12.1 Å². The summed E-state index contributed by atoms with van der Waals surface area (Å²) in [5.74, 6) is 0.929. The van der Waals surface area contributed by atoms with E-state index in [9.17, 15) is 17.6 Å². The second-order valence-corrected chi connectivity index (χ2v) is 4.45. The zero-order valence-electron chi connectivity index (χ0n) is 10.3. The molecule has 0 aliphatic rings. The minimum atomic E-state index is -4.86. The second-order valence-electron chi connectivity index (χ2n) is 4.04. The van der Waals surface area contributed by atoms with Crippen LogP contribution in [0.25, 0.3) is 11.1 Å². The molecule has 0 N–H and O–H groups in total. The molecule has 0 aliphatic carbocycles. The largest absolute Gasteiger partial charge is 0.573 e. The number of alkyl halides is 3. The van der Waals surface area contributed by atoms with E-state index >= 15 is 0 Å². The molecule has 0 atom stereocenters. The summed E-state index contributed by atoms with van der Waals surface area (Å²) in [6.07, 6.45) is 0.327. The number of ether oxygens (including phenoxy) is 1. The van der Waals surface area contributed by atoms with Crippen LogP contribution in [0.1, 0.15) is 5.56 Å². The molecule has 108 valence electrons. The first-order valence-corrected chi connectivity index (χ1v) is 6.00. The molecule has 0 aromatic heterocycles. The monoisotopic (exact) mass is 314 g/mol. The Bertz CT molecular complexity index is 717. The maximum atomic E-state index is 13.9. The van der Waals surface area contributed by atoms with Crippen molar-refractivity contribution in [2.24, 2.45) is 0 Å². The van der Waals surface area contributed by atoms with Crippen LogP contribution in [-0.4, -0.2) is 6.36 Å². The van der Waals surface area contributed by atoms with Gasteiger partial charge >= 0.3 is 6.36 Å². The molecule has 1 nitrogen and oxygen atoms in total. The van der Waals surface area contributed by atoms with Crippen molar-refractivity contribution in [3.63, 3.8) is 0 Å². The fraction of sp³-hybridized carbons (Fsp3) is 0.0667. The van der Waals surface area contributed by atoms with Gasteiger partial charge in [-0.25, -0.2) is 4.39 Å². The molecule has 2 rings (SSSR count). The number of benzene rings is 2. The third kappa shape index (κ3) is 3.67. The molecule has 0 bridgehead atoms. The first-order chi connectivity index (χ1) is 9.80. The van der Waals surface area contributed by atoms with Gasteiger partial charge in [0.1, 0.15) is 11.6 Å². The summed E-state index contributed by atoms with van der Waals surface area (Å²) in [7, 11) is 0. The molecule has 0 saturated heterocycles. The molecule has 6 heteroatoms. The summed E-state index contributed by atoms with van der Waals surface area (Å²) in [6, 6.07) is 7.65. The van der Waals surface area contributed by atoms with Crippen molar-refractivity contribution in [3.05, 3.63) is 52.8 Å². The summed E-state index contributed by atoms with van der Waals surface area (Å²) in [5.41, 5.74) is 0.308. The van der Waals surface area contributed by atoms with Crippen molar-refractivity contribution < 1.29 is 22.3 Å². The fourth-order valence-corrected chi connectivity index (χ4v) is 1.93. The van der Waals surface area contributed by atoms with Gasteiger partial charge < -0.3 is 4.74 Å². The zero-order valence-corrected chi connectivity index (χ0v) is 11.1. The lowest BCUT2D eigenvalue weighted by Crippen LogP contribution is -2.17. The van der Waals surface area contributed by atoms with Crippen LogP contribution in [0.3, 0.4) is 0 Å². The predicted molar refractivity (Wildman–Crippen MR) is 71.5 cm³/mol. The standard InChI is InChI=1S/C15H7ClF4O/c1-2-9-6-10(8-11(7-9)21-15(18,19)20)12-4-3-5-13(16)14(12)17/h1,3-8H. The predicted octanol–water partition coefficient (Wildman–Crippen LogP) is 5.03. The molecule has 0 saturated carbocycles. The average molecular weight is 315 g/mol. The Balaban J connectivity index is 2.56. The van der Waals surface area contributed by atoms with Crippen LogP contribution in [0.4, 0.5) is 17.6 Å². The van der Waals surface area contributed by atoms with E-state index in [4.69, 9.17) is 18.0 Å². The van der Waals surface area contributed by atoms with Crippen LogP contribution in [0, 0.1) is 18.2 Å². The Morgan fingerprint density at radius 3 is 2.48 bits per heavy atom. The normalized spacial score (nSPS) is 11.0. The van der Waals surface area contributed by atoms with Crippen LogP contribution >= 0.6 is 11.6 Å². The minimum absolute atomic E-state index is 0.0339. The summed E-state index contributed by atoms with van der Waals surface area (Å²) >= 11 is 5.66. The maximum absolute atomic E-state index is 13.9. The molecule has 21 heavy (non-hydrogen) atoms. The molecular weight excluding hydrogens is 308 g/mol. The molecule has 0 amide bonds. The molecule has 0 fully saturated rings. The maximum Gasteiger partial charge on any atom is 0.573 e. The molecule has 0 spiro atoms. The van der Waals surface area contributed by atoms with Gasteiger partial charge in [-0.05, 0) is 29.8 Å². The van der Waals surface area contributed by atoms with E-state index in [1.165, 1.54) is 24.3 Å². The van der Waals surface area contributed by atoms with Crippen LogP contribution < -0.4 is 4.74 Å². The molecule has 0 heterocycles. The summed E-state index contributed by atoms with van der Waals surface area (Å²) in [5, 5.41) is -0.142. The Kier molecular flexibility index (Phi) is 4.10. The van der Waals surface area contributed by atoms with Gasteiger partial charge in [-0.1, -0.05) is 29.7 Å². The molecule has 0 unspecified atom stereocenters. The van der Waals surface area contributed by atoms with Gasteiger partial charge in [-0.15, -0.1) is 19.6 Å². The highest BCUT2D eigenvalue weighted by Gasteiger charge is 2.31. The van der Waals surface area contributed by atoms with Crippen molar-refractivity contribution in [2.75, 3.05) is 0 Å². The molecule has 2 aromatic carbocycles. The van der Waals surface area contributed by atoms with Crippen LogP contribution in [0.15, 0.2) is 36.4 Å². The quantitative estimate of drug-likeness (QED) is 0.558. The number of hydrogen-bond donors (Lipinski definition) is 0. The first-order valence-electron chi connectivity index (χ1n) is 5.62. The summed E-state index contributed by atoms with van der Waals surface area (Å²) in [6.45, 7) is 0. The van der Waals surface area contributed by atoms with Crippen LogP contribution in [-0.2, 0) is 0 Å². The Morgan fingerprint density at radius 1 is 1.14 bits per heavy atom. The van der Waals surface area contributed by atoms with Gasteiger partial charge in [0.2, 0.25) is 0 Å². The summed E-state index contributed by atoms with van der Waals surface area (Å²) in [4.78, 5) is 0. The third-order valence-corrected chi connectivity index (χ3v) is 2.86. The number of hydrogen-bond acceptors (Lipinski definition) is 1. The van der Waals surface area contributed by atoms with Crippen molar-refractivity contribution in [1.29, 1.82) is 0 Å². The van der Waals surface area contributed by atoms with Crippen LogP contribution in [0.2, 0.25) is 5.02 Å². The topological polar surface area (TPSA) is 9.23 Å². The second kappa shape index (κ2) is 5.66. The van der Waals surface area contributed by atoms with E-state index in [0.29, 0.717) is 0 Å². The molecule has 2 aromatic rings. The van der Waals surface area contributed by atoms with Gasteiger partial charge in [0, 0.05) is 11.1 Å².